The molecule has 2 unspecified atom stereocenters. The van der Waals surface area contributed by atoms with Gasteiger partial charge in [-0.2, -0.15) is 0 Å². The highest BCUT2D eigenvalue weighted by atomic mass is 16.6. The van der Waals surface area contributed by atoms with E-state index < -0.39 is 12.1 Å². The average Bonchev–Trinajstić information content (AvgIpc) is 2.47. The molecule has 0 saturated carbocycles. The van der Waals surface area contributed by atoms with Gasteiger partial charge in [0, 0.05) is 7.11 Å². The Morgan fingerprint density at radius 3 is 2.73 bits per heavy atom. The molecule has 0 radical (unpaired) electrons. The van der Waals surface area contributed by atoms with Crippen molar-refractivity contribution in [3.8, 4) is 0 Å². The van der Waals surface area contributed by atoms with Crippen LogP contribution < -0.4 is 0 Å². The fourth-order valence-corrected chi connectivity index (χ4v) is 2.21. The molecule has 1 heterocycles. The largest absolute Gasteiger partial charge is 0.479 e. The lowest BCUT2D eigenvalue weighted by Gasteiger charge is -2.15. The second kappa shape index (κ2) is 5.47. The van der Waals surface area contributed by atoms with Crippen molar-refractivity contribution in [2.75, 3.05) is 13.7 Å². The first-order valence-electron chi connectivity index (χ1n) is 5.41. The number of aliphatic carboxylic acids is 1. The number of rotatable bonds is 5. The quantitative estimate of drug-likeness (QED) is 0.757. The monoisotopic (exact) mass is 216 g/mol. The first-order valence-corrected chi connectivity index (χ1v) is 5.41. The lowest BCUT2D eigenvalue weighted by molar-refractivity contribution is -0.152. The fraction of sp³-hybridized carbons (Fsp3) is 0.909. The Labute approximate surface area is 90.6 Å². The van der Waals surface area contributed by atoms with Gasteiger partial charge in [-0.3, -0.25) is 0 Å². The third kappa shape index (κ3) is 3.47. The molecule has 1 aliphatic heterocycles. The van der Waals surface area contributed by atoms with Gasteiger partial charge in [0.15, 0.2) is 6.10 Å². The Bertz CT molecular complexity index is 215. The van der Waals surface area contributed by atoms with E-state index in [0.717, 1.165) is 12.8 Å². The Balaban J connectivity index is 2.55. The molecule has 4 nitrogen and oxygen atoms in total. The van der Waals surface area contributed by atoms with E-state index in [1.807, 2.05) is 0 Å². The number of carbonyl (C=O) groups is 1. The van der Waals surface area contributed by atoms with Crippen LogP contribution in [0.2, 0.25) is 0 Å². The van der Waals surface area contributed by atoms with E-state index >= 15 is 0 Å². The molecule has 1 rings (SSSR count). The zero-order valence-corrected chi connectivity index (χ0v) is 9.60. The third-order valence-corrected chi connectivity index (χ3v) is 2.70. The van der Waals surface area contributed by atoms with Crippen molar-refractivity contribution in [2.45, 2.75) is 38.9 Å². The summed E-state index contributed by atoms with van der Waals surface area (Å²) in [5.41, 5.74) is 0. The molecule has 4 heteroatoms. The summed E-state index contributed by atoms with van der Waals surface area (Å²) in [6, 6.07) is 0. The van der Waals surface area contributed by atoms with Gasteiger partial charge in [-0.1, -0.05) is 13.8 Å². The number of methoxy groups -OCH3 is 1. The van der Waals surface area contributed by atoms with Gasteiger partial charge in [0.05, 0.1) is 12.7 Å². The Morgan fingerprint density at radius 1 is 1.60 bits per heavy atom. The normalized spacial score (nSPS) is 31.1. The van der Waals surface area contributed by atoms with Crippen molar-refractivity contribution in [3.63, 3.8) is 0 Å². The molecule has 1 aliphatic rings. The summed E-state index contributed by atoms with van der Waals surface area (Å²) in [5.74, 6) is -0.219. The van der Waals surface area contributed by atoms with E-state index in [-0.39, 0.29) is 12.0 Å². The van der Waals surface area contributed by atoms with Gasteiger partial charge < -0.3 is 14.6 Å². The van der Waals surface area contributed by atoms with Gasteiger partial charge >= 0.3 is 5.97 Å². The minimum Gasteiger partial charge on any atom is -0.479 e. The second-order valence-corrected chi connectivity index (χ2v) is 4.60. The van der Waals surface area contributed by atoms with Crippen molar-refractivity contribution < 1.29 is 19.4 Å². The summed E-state index contributed by atoms with van der Waals surface area (Å²) in [5, 5.41) is 9.02. The maximum absolute atomic E-state index is 11.0. The SMILES string of the molecule is COCC1C[C@@H](CC(C)C)C(C(=O)O)O1. The molecule has 88 valence electrons. The predicted octanol–water partition coefficient (Wildman–Crippen LogP) is 1.54. The topological polar surface area (TPSA) is 55.8 Å². The van der Waals surface area contributed by atoms with Crippen molar-refractivity contribution >= 4 is 5.97 Å². The highest BCUT2D eigenvalue weighted by molar-refractivity contribution is 5.73. The third-order valence-electron chi connectivity index (χ3n) is 2.70. The summed E-state index contributed by atoms with van der Waals surface area (Å²) in [7, 11) is 1.61. The Kier molecular flexibility index (Phi) is 4.54. The molecule has 0 amide bonds. The standard InChI is InChI=1S/C11H20O4/c1-7(2)4-8-5-9(6-14-3)15-10(8)11(12)13/h7-10H,4-6H2,1-3H3,(H,12,13)/t8-,9?,10?/m1/s1. The van der Waals surface area contributed by atoms with Gasteiger partial charge in [-0.05, 0) is 24.7 Å². The molecule has 1 N–H and O–H groups in total. The Morgan fingerprint density at radius 2 is 2.27 bits per heavy atom. The predicted molar refractivity (Wildman–Crippen MR) is 55.7 cm³/mol. The highest BCUT2D eigenvalue weighted by Gasteiger charge is 2.39. The number of carboxylic acid groups (broad SMARTS) is 1. The summed E-state index contributed by atoms with van der Waals surface area (Å²) < 4.78 is 10.4. The molecular formula is C11H20O4. The minimum atomic E-state index is -0.848. The van der Waals surface area contributed by atoms with Crippen LogP contribution in [0.3, 0.4) is 0 Å². The van der Waals surface area contributed by atoms with E-state index in [1.165, 1.54) is 0 Å². The van der Waals surface area contributed by atoms with E-state index in [4.69, 9.17) is 14.6 Å². The van der Waals surface area contributed by atoms with Crippen LogP contribution in [-0.2, 0) is 14.3 Å². The molecule has 1 fully saturated rings. The van der Waals surface area contributed by atoms with Crippen molar-refractivity contribution in [1.29, 1.82) is 0 Å². The van der Waals surface area contributed by atoms with E-state index in [1.54, 1.807) is 7.11 Å². The van der Waals surface area contributed by atoms with Crippen molar-refractivity contribution in [2.24, 2.45) is 11.8 Å². The summed E-state index contributed by atoms with van der Waals surface area (Å²) >= 11 is 0. The maximum atomic E-state index is 11.0. The number of ether oxygens (including phenoxy) is 2. The molecule has 0 aromatic carbocycles. The van der Waals surface area contributed by atoms with E-state index in [2.05, 4.69) is 13.8 Å². The van der Waals surface area contributed by atoms with Crippen LogP contribution in [0.25, 0.3) is 0 Å². The van der Waals surface area contributed by atoms with Gasteiger partial charge in [-0.15, -0.1) is 0 Å². The van der Waals surface area contributed by atoms with Crippen LogP contribution in [-0.4, -0.2) is 37.0 Å². The number of hydrogen-bond acceptors (Lipinski definition) is 3. The van der Waals surface area contributed by atoms with Crippen LogP contribution in [0.5, 0.6) is 0 Å². The van der Waals surface area contributed by atoms with Crippen molar-refractivity contribution in [1.82, 2.24) is 0 Å². The summed E-state index contributed by atoms with van der Waals surface area (Å²) in [4.78, 5) is 11.0. The molecule has 1 saturated heterocycles. The second-order valence-electron chi connectivity index (χ2n) is 4.60. The van der Waals surface area contributed by atoms with Crippen LogP contribution >= 0.6 is 0 Å². The molecule has 0 aliphatic carbocycles. The number of hydrogen-bond donors (Lipinski definition) is 1. The molecule has 3 atom stereocenters. The summed E-state index contributed by atoms with van der Waals surface area (Å²) in [6.07, 6.45) is 0.993. The first-order chi connectivity index (χ1) is 7.04. The van der Waals surface area contributed by atoms with Gasteiger partial charge in [-0.25, -0.2) is 4.79 Å². The maximum Gasteiger partial charge on any atom is 0.333 e. The molecule has 0 aromatic heterocycles. The number of carboxylic acids is 1. The van der Waals surface area contributed by atoms with E-state index in [0.29, 0.717) is 12.5 Å². The molecule has 0 aromatic rings. The zero-order chi connectivity index (χ0) is 11.4. The lowest BCUT2D eigenvalue weighted by atomic mass is 9.90. The zero-order valence-electron chi connectivity index (χ0n) is 9.60. The smallest absolute Gasteiger partial charge is 0.333 e. The van der Waals surface area contributed by atoms with Crippen LogP contribution in [0, 0.1) is 11.8 Å². The molecular weight excluding hydrogens is 196 g/mol. The van der Waals surface area contributed by atoms with Gasteiger partial charge in [0.1, 0.15) is 0 Å². The van der Waals surface area contributed by atoms with Crippen LogP contribution in [0.4, 0.5) is 0 Å². The molecule has 0 bridgehead atoms. The van der Waals surface area contributed by atoms with E-state index in [9.17, 15) is 4.79 Å². The van der Waals surface area contributed by atoms with Crippen molar-refractivity contribution in [3.05, 3.63) is 0 Å². The van der Waals surface area contributed by atoms with Crippen LogP contribution in [0.15, 0.2) is 0 Å². The van der Waals surface area contributed by atoms with Gasteiger partial charge in [0.2, 0.25) is 0 Å². The lowest BCUT2D eigenvalue weighted by Crippen LogP contribution is -2.27. The first kappa shape index (κ1) is 12.5. The molecule has 0 spiro atoms. The summed E-state index contributed by atoms with van der Waals surface area (Å²) in [6.45, 7) is 4.68. The average molecular weight is 216 g/mol. The fourth-order valence-electron chi connectivity index (χ4n) is 2.21. The van der Waals surface area contributed by atoms with Gasteiger partial charge in [0.25, 0.3) is 0 Å². The minimum absolute atomic E-state index is 0.0557. The van der Waals surface area contributed by atoms with Crippen LogP contribution in [0.1, 0.15) is 26.7 Å². The molecule has 15 heavy (non-hydrogen) atoms. The highest BCUT2D eigenvalue weighted by Crippen LogP contribution is 2.31. The Hall–Kier alpha value is -0.610.